The van der Waals surface area contributed by atoms with Gasteiger partial charge in [0.15, 0.2) is 5.13 Å². The van der Waals surface area contributed by atoms with Crippen LogP contribution in [0.1, 0.15) is 11.8 Å². The number of carbonyl (C=O) groups excluding carboxylic acids is 1. The van der Waals surface area contributed by atoms with Gasteiger partial charge in [-0.15, -0.1) is 11.3 Å². The van der Waals surface area contributed by atoms with Crippen LogP contribution < -0.4 is 14.5 Å². The molecule has 7 nitrogen and oxygen atoms in total. The molecule has 2 aliphatic rings. The molecule has 0 unspecified atom stereocenters. The lowest BCUT2D eigenvalue weighted by Gasteiger charge is -2.39. The smallest absolute Gasteiger partial charge is 0.244 e. The summed E-state index contributed by atoms with van der Waals surface area (Å²) in [5, 5.41) is 1.05. The molecule has 4 rings (SSSR count). The van der Waals surface area contributed by atoms with Crippen LogP contribution in [0.5, 0.6) is 5.75 Å². The quantitative estimate of drug-likeness (QED) is 0.765. The Morgan fingerprint density at radius 3 is 2.79 bits per heavy atom. The minimum Gasteiger partial charge on any atom is -0.495 e. The SMILES string of the molecule is COc1ccccc1N1CCN(Cc2cnc(N3CCOCC3)s2)[C@H](C)C1=O. The summed E-state index contributed by atoms with van der Waals surface area (Å²) in [5.74, 6) is 0.836. The van der Waals surface area contributed by atoms with E-state index < -0.39 is 0 Å². The normalized spacial score (nSPS) is 21.2. The number of nitrogens with zero attached hydrogens (tertiary/aromatic N) is 4. The molecule has 8 heteroatoms. The third kappa shape index (κ3) is 3.85. The van der Waals surface area contributed by atoms with Crippen molar-refractivity contribution in [2.45, 2.75) is 19.5 Å². The third-order valence-corrected chi connectivity index (χ3v) is 6.38. The average molecular weight is 403 g/mol. The summed E-state index contributed by atoms with van der Waals surface area (Å²) in [7, 11) is 1.64. The second-order valence-electron chi connectivity index (χ2n) is 7.02. The minimum absolute atomic E-state index is 0.105. The third-order valence-electron chi connectivity index (χ3n) is 5.34. The molecule has 1 amide bonds. The summed E-state index contributed by atoms with van der Waals surface area (Å²) >= 11 is 1.71. The van der Waals surface area contributed by atoms with E-state index in [0.717, 1.165) is 56.0 Å². The summed E-state index contributed by atoms with van der Waals surface area (Å²) in [6.07, 6.45) is 1.94. The van der Waals surface area contributed by atoms with Crippen molar-refractivity contribution >= 4 is 28.1 Å². The van der Waals surface area contributed by atoms with E-state index in [1.165, 1.54) is 4.88 Å². The number of para-hydroxylation sites is 2. The van der Waals surface area contributed by atoms with Crippen molar-refractivity contribution in [2.24, 2.45) is 0 Å². The maximum atomic E-state index is 13.0. The van der Waals surface area contributed by atoms with Gasteiger partial charge >= 0.3 is 0 Å². The van der Waals surface area contributed by atoms with Gasteiger partial charge in [0.05, 0.1) is 32.1 Å². The number of benzene rings is 1. The number of amides is 1. The van der Waals surface area contributed by atoms with Gasteiger partial charge in [-0.1, -0.05) is 12.1 Å². The van der Waals surface area contributed by atoms with Crippen LogP contribution >= 0.6 is 11.3 Å². The lowest BCUT2D eigenvalue weighted by Crippen LogP contribution is -2.55. The molecule has 2 fully saturated rings. The van der Waals surface area contributed by atoms with Gasteiger partial charge in [-0.05, 0) is 19.1 Å². The molecule has 150 valence electrons. The molecule has 0 aliphatic carbocycles. The Morgan fingerprint density at radius 1 is 1.21 bits per heavy atom. The van der Waals surface area contributed by atoms with Gasteiger partial charge < -0.3 is 19.3 Å². The lowest BCUT2D eigenvalue weighted by atomic mass is 10.1. The Morgan fingerprint density at radius 2 is 2.00 bits per heavy atom. The zero-order valence-electron chi connectivity index (χ0n) is 16.3. The van der Waals surface area contributed by atoms with Crippen molar-refractivity contribution in [3.63, 3.8) is 0 Å². The molecule has 2 aliphatic heterocycles. The first-order valence-electron chi connectivity index (χ1n) is 9.63. The van der Waals surface area contributed by atoms with E-state index in [1.54, 1.807) is 18.4 Å². The van der Waals surface area contributed by atoms with Crippen LogP contribution in [0.25, 0.3) is 0 Å². The van der Waals surface area contributed by atoms with Crippen molar-refractivity contribution in [1.29, 1.82) is 0 Å². The number of hydrogen-bond donors (Lipinski definition) is 0. The van der Waals surface area contributed by atoms with E-state index in [4.69, 9.17) is 9.47 Å². The Hall–Kier alpha value is -2.16. The number of ether oxygens (including phenoxy) is 2. The standard InChI is InChI=1S/C20H26N4O3S/c1-15-19(25)24(17-5-3-4-6-18(17)26-2)8-7-23(15)14-16-13-21-20(28-16)22-9-11-27-12-10-22/h3-6,13,15H,7-12,14H2,1-2H3/t15-/m1/s1. The summed E-state index contributed by atoms with van der Waals surface area (Å²) in [6, 6.07) is 7.50. The lowest BCUT2D eigenvalue weighted by molar-refractivity contribution is -0.125. The van der Waals surface area contributed by atoms with Crippen molar-refractivity contribution in [2.75, 3.05) is 56.3 Å². The molecule has 1 aromatic carbocycles. The fraction of sp³-hybridized carbons (Fsp3) is 0.500. The van der Waals surface area contributed by atoms with E-state index in [-0.39, 0.29) is 11.9 Å². The monoisotopic (exact) mass is 402 g/mol. The van der Waals surface area contributed by atoms with Gasteiger partial charge in [0.2, 0.25) is 5.91 Å². The van der Waals surface area contributed by atoms with Crippen LogP contribution in [0.15, 0.2) is 30.5 Å². The van der Waals surface area contributed by atoms with Gasteiger partial charge in [-0.2, -0.15) is 0 Å². The van der Waals surface area contributed by atoms with Crippen molar-refractivity contribution in [3.05, 3.63) is 35.3 Å². The summed E-state index contributed by atoms with van der Waals surface area (Å²) in [6.45, 7) is 7.48. The first-order valence-corrected chi connectivity index (χ1v) is 10.4. The number of methoxy groups -OCH3 is 1. The molecule has 1 atom stereocenters. The molecule has 0 saturated carbocycles. The molecule has 1 aromatic heterocycles. The molecule has 28 heavy (non-hydrogen) atoms. The molecular formula is C20H26N4O3S. The Kier molecular flexibility index (Phi) is 5.79. The molecule has 0 spiro atoms. The molecule has 0 N–H and O–H groups in total. The number of aromatic nitrogens is 1. The van der Waals surface area contributed by atoms with Crippen LogP contribution in [0.4, 0.5) is 10.8 Å². The molecule has 0 radical (unpaired) electrons. The number of anilines is 2. The molecule has 0 bridgehead atoms. The highest BCUT2D eigenvalue weighted by atomic mass is 32.1. The van der Waals surface area contributed by atoms with Crippen LogP contribution in [0.2, 0.25) is 0 Å². The van der Waals surface area contributed by atoms with E-state index in [2.05, 4.69) is 14.8 Å². The van der Waals surface area contributed by atoms with Gasteiger partial charge in [-0.3, -0.25) is 9.69 Å². The summed E-state index contributed by atoms with van der Waals surface area (Å²) in [4.78, 5) is 25.1. The summed E-state index contributed by atoms with van der Waals surface area (Å²) in [5.41, 5.74) is 0.842. The highest BCUT2D eigenvalue weighted by molar-refractivity contribution is 7.15. The van der Waals surface area contributed by atoms with E-state index in [9.17, 15) is 4.79 Å². The number of piperazine rings is 1. The fourth-order valence-electron chi connectivity index (χ4n) is 3.69. The van der Waals surface area contributed by atoms with Crippen LogP contribution in [0, 0.1) is 0 Å². The van der Waals surface area contributed by atoms with E-state index in [0.29, 0.717) is 6.54 Å². The van der Waals surface area contributed by atoms with Gasteiger partial charge in [0.25, 0.3) is 0 Å². The minimum atomic E-state index is -0.187. The van der Waals surface area contributed by atoms with Gasteiger partial charge in [0.1, 0.15) is 5.75 Å². The summed E-state index contributed by atoms with van der Waals surface area (Å²) < 4.78 is 10.9. The van der Waals surface area contributed by atoms with Crippen molar-refractivity contribution < 1.29 is 14.3 Å². The second kappa shape index (κ2) is 8.46. The van der Waals surface area contributed by atoms with Crippen LogP contribution in [0.3, 0.4) is 0 Å². The predicted octanol–water partition coefficient (Wildman–Crippen LogP) is 2.23. The predicted molar refractivity (Wildman–Crippen MR) is 110 cm³/mol. The van der Waals surface area contributed by atoms with Crippen molar-refractivity contribution in [1.82, 2.24) is 9.88 Å². The first kappa shape index (κ1) is 19.2. The Balaban J connectivity index is 1.42. The van der Waals surface area contributed by atoms with E-state index in [1.807, 2.05) is 42.3 Å². The first-order chi connectivity index (χ1) is 13.7. The maximum absolute atomic E-state index is 13.0. The number of carbonyl (C=O) groups is 1. The van der Waals surface area contributed by atoms with Gasteiger partial charge in [-0.25, -0.2) is 4.98 Å². The highest BCUT2D eigenvalue weighted by Crippen LogP contribution is 2.31. The molecular weight excluding hydrogens is 376 g/mol. The molecule has 2 saturated heterocycles. The average Bonchev–Trinajstić information content (AvgIpc) is 3.21. The van der Waals surface area contributed by atoms with Crippen LogP contribution in [-0.2, 0) is 16.1 Å². The fourth-order valence-corrected chi connectivity index (χ4v) is 4.68. The highest BCUT2D eigenvalue weighted by Gasteiger charge is 2.33. The Labute approximate surface area is 169 Å². The molecule has 2 aromatic rings. The van der Waals surface area contributed by atoms with Crippen molar-refractivity contribution in [3.8, 4) is 5.75 Å². The Bertz CT molecular complexity index is 821. The number of morpholine rings is 1. The number of rotatable bonds is 5. The number of hydrogen-bond acceptors (Lipinski definition) is 7. The topological polar surface area (TPSA) is 58.1 Å². The van der Waals surface area contributed by atoms with Gasteiger partial charge in [0, 0.05) is 43.8 Å². The molecule has 3 heterocycles. The zero-order valence-corrected chi connectivity index (χ0v) is 17.2. The van der Waals surface area contributed by atoms with Crippen LogP contribution in [-0.4, -0.2) is 68.3 Å². The largest absolute Gasteiger partial charge is 0.495 e. The second-order valence-corrected chi connectivity index (χ2v) is 8.11. The number of thiazole rings is 1. The maximum Gasteiger partial charge on any atom is 0.244 e. The van der Waals surface area contributed by atoms with E-state index >= 15 is 0 Å². The zero-order chi connectivity index (χ0) is 19.5.